The topological polar surface area (TPSA) is 92.3 Å². The predicted molar refractivity (Wildman–Crippen MR) is 151 cm³/mol. The molecule has 0 N–H and O–H groups in total. The molecule has 0 fully saturated rings. The molecule has 1 amide bonds. The van der Waals surface area contributed by atoms with E-state index in [4.69, 9.17) is 14.5 Å². The summed E-state index contributed by atoms with van der Waals surface area (Å²) in [5, 5.41) is 0.561. The van der Waals surface area contributed by atoms with E-state index in [0.29, 0.717) is 42.0 Å². The predicted octanol–water partition coefficient (Wildman–Crippen LogP) is 4.03. The zero-order valence-electron chi connectivity index (χ0n) is 21.6. The van der Waals surface area contributed by atoms with Gasteiger partial charge in [-0.1, -0.05) is 23.5 Å². The molecule has 1 aromatic heterocycles. The minimum atomic E-state index is -3.76. The lowest BCUT2D eigenvalue weighted by Crippen LogP contribution is -2.33. The molecule has 38 heavy (non-hydrogen) atoms. The fourth-order valence-electron chi connectivity index (χ4n) is 4.03. The molecule has 0 saturated carbocycles. The second-order valence-corrected chi connectivity index (χ2v) is 11.9. The van der Waals surface area contributed by atoms with Crippen LogP contribution in [-0.4, -0.2) is 82.0 Å². The number of ether oxygens (including phenoxy) is 2. The summed E-state index contributed by atoms with van der Waals surface area (Å²) in [6.45, 7) is 9.81. The van der Waals surface area contributed by atoms with Gasteiger partial charge in [0.1, 0.15) is 13.2 Å². The van der Waals surface area contributed by atoms with Crippen LogP contribution in [0.1, 0.15) is 16.8 Å². The van der Waals surface area contributed by atoms with Crippen molar-refractivity contribution in [3.05, 3.63) is 67.3 Å². The van der Waals surface area contributed by atoms with Crippen LogP contribution < -0.4 is 14.4 Å². The molecule has 0 aliphatic carbocycles. The number of sulfonamides is 1. The molecule has 0 radical (unpaired) electrons. The van der Waals surface area contributed by atoms with Gasteiger partial charge in [-0.15, -0.1) is 13.2 Å². The van der Waals surface area contributed by atoms with Crippen molar-refractivity contribution in [2.45, 2.75) is 11.3 Å². The van der Waals surface area contributed by atoms with Gasteiger partial charge in [0.25, 0.3) is 5.91 Å². The zero-order valence-corrected chi connectivity index (χ0v) is 23.3. The number of carbonyl (C=O) groups excluding carboxylic acids is 1. The van der Waals surface area contributed by atoms with Gasteiger partial charge in [-0.25, -0.2) is 13.4 Å². The molecule has 0 atom stereocenters. The molecule has 11 heteroatoms. The second kappa shape index (κ2) is 12.1. The van der Waals surface area contributed by atoms with Crippen molar-refractivity contribution in [1.29, 1.82) is 0 Å². The van der Waals surface area contributed by atoms with Crippen molar-refractivity contribution >= 4 is 42.6 Å². The molecule has 1 aliphatic heterocycles. The molecule has 2 heterocycles. The van der Waals surface area contributed by atoms with Gasteiger partial charge in [0, 0.05) is 37.3 Å². The minimum absolute atomic E-state index is 0.0995. The molecule has 0 spiro atoms. The normalized spacial score (nSPS) is 13.2. The maximum Gasteiger partial charge on any atom is 0.260 e. The van der Waals surface area contributed by atoms with Crippen LogP contribution in [0.2, 0.25) is 0 Å². The number of aromatic nitrogens is 1. The Hall–Kier alpha value is -3.25. The van der Waals surface area contributed by atoms with Crippen molar-refractivity contribution in [1.82, 2.24) is 14.2 Å². The highest BCUT2D eigenvalue weighted by molar-refractivity contribution is 7.89. The Morgan fingerprint density at radius 1 is 1.03 bits per heavy atom. The van der Waals surface area contributed by atoms with E-state index in [1.54, 1.807) is 17.0 Å². The smallest absolute Gasteiger partial charge is 0.260 e. The van der Waals surface area contributed by atoms with Crippen molar-refractivity contribution in [2.75, 3.05) is 58.4 Å². The minimum Gasteiger partial charge on any atom is -0.486 e. The van der Waals surface area contributed by atoms with Crippen molar-refractivity contribution in [2.24, 2.45) is 0 Å². The van der Waals surface area contributed by atoms with Gasteiger partial charge in [0.05, 0.1) is 15.1 Å². The quantitative estimate of drug-likeness (QED) is 0.311. The maximum atomic E-state index is 13.7. The van der Waals surface area contributed by atoms with Gasteiger partial charge < -0.3 is 14.4 Å². The van der Waals surface area contributed by atoms with E-state index in [1.807, 2.05) is 26.2 Å². The average Bonchev–Trinajstić information content (AvgIpc) is 3.31. The van der Waals surface area contributed by atoms with Gasteiger partial charge in [-0.05, 0) is 51.3 Å². The first kappa shape index (κ1) is 27.8. The highest BCUT2D eigenvalue weighted by Crippen LogP contribution is 2.39. The number of thiazole rings is 1. The summed E-state index contributed by atoms with van der Waals surface area (Å²) in [6, 6.07) is 9.74. The number of anilines is 1. The molecule has 2 aromatic carbocycles. The highest BCUT2D eigenvalue weighted by atomic mass is 32.2. The van der Waals surface area contributed by atoms with Gasteiger partial charge in [-0.3, -0.25) is 9.69 Å². The lowest BCUT2D eigenvalue weighted by molar-refractivity contribution is 0.0986. The molecular weight excluding hydrogens is 524 g/mol. The van der Waals surface area contributed by atoms with Crippen molar-refractivity contribution in [3.8, 4) is 11.5 Å². The van der Waals surface area contributed by atoms with Crippen molar-refractivity contribution in [3.63, 3.8) is 0 Å². The fourth-order valence-corrected chi connectivity index (χ4v) is 6.41. The third kappa shape index (κ3) is 6.07. The summed E-state index contributed by atoms with van der Waals surface area (Å²) in [5.41, 5.74) is 1.10. The molecule has 0 saturated heterocycles. The Kier molecular flexibility index (Phi) is 8.83. The van der Waals surface area contributed by atoms with Crippen molar-refractivity contribution < 1.29 is 22.7 Å². The van der Waals surface area contributed by atoms with E-state index in [9.17, 15) is 13.2 Å². The van der Waals surface area contributed by atoms with Gasteiger partial charge in [-0.2, -0.15) is 4.31 Å². The Morgan fingerprint density at radius 3 is 2.26 bits per heavy atom. The summed E-state index contributed by atoms with van der Waals surface area (Å²) in [4.78, 5) is 22.2. The fraction of sp³-hybridized carbons (Fsp3) is 0.333. The van der Waals surface area contributed by atoms with Crippen LogP contribution >= 0.6 is 11.3 Å². The number of benzene rings is 2. The van der Waals surface area contributed by atoms with E-state index < -0.39 is 10.0 Å². The van der Waals surface area contributed by atoms with E-state index in [1.165, 1.54) is 39.9 Å². The molecule has 0 bridgehead atoms. The summed E-state index contributed by atoms with van der Waals surface area (Å²) in [7, 11) is 0.200. The third-order valence-electron chi connectivity index (χ3n) is 5.91. The number of carbonyl (C=O) groups is 1. The van der Waals surface area contributed by atoms with E-state index in [2.05, 4.69) is 18.1 Å². The molecule has 4 rings (SSSR count). The molecule has 0 unspecified atom stereocenters. The lowest BCUT2D eigenvalue weighted by Gasteiger charge is -2.22. The summed E-state index contributed by atoms with van der Waals surface area (Å²) in [6.07, 6.45) is 3.79. The van der Waals surface area contributed by atoms with Crippen LogP contribution in [0, 0.1) is 0 Å². The largest absolute Gasteiger partial charge is 0.486 e. The van der Waals surface area contributed by atoms with Crippen LogP contribution in [-0.2, 0) is 10.0 Å². The van der Waals surface area contributed by atoms with Gasteiger partial charge in [0.15, 0.2) is 16.6 Å². The first-order valence-corrected chi connectivity index (χ1v) is 14.5. The Bertz CT molecular complexity index is 1360. The second-order valence-electron chi connectivity index (χ2n) is 9.00. The monoisotopic (exact) mass is 556 g/mol. The van der Waals surface area contributed by atoms with Gasteiger partial charge in [0.2, 0.25) is 10.0 Å². The number of rotatable bonds is 12. The maximum absolute atomic E-state index is 13.7. The molecule has 1 aliphatic rings. The number of hydrogen-bond donors (Lipinski definition) is 0. The van der Waals surface area contributed by atoms with Crippen LogP contribution in [0.25, 0.3) is 10.2 Å². The Balaban J connectivity index is 1.64. The molecular formula is C27H32N4O5S2. The number of nitrogens with zero attached hydrogens (tertiary/aromatic N) is 4. The highest BCUT2D eigenvalue weighted by Gasteiger charge is 2.25. The SMILES string of the molecule is C=CCN(CC=C)S(=O)(=O)c1ccc(C(=O)N(CCCN(C)C)c2nc3cc4c(cc3s2)OCCO4)cc1. The number of amides is 1. The van der Waals surface area contributed by atoms with Crippen LogP contribution in [0.3, 0.4) is 0 Å². The first-order valence-electron chi connectivity index (χ1n) is 12.2. The first-order chi connectivity index (χ1) is 18.2. The summed E-state index contributed by atoms with van der Waals surface area (Å²) < 4.78 is 39.7. The van der Waals surface area contributed by atoms with Crippen LogP contribution in [0.5, 0.6) is 11.5 Å². The molecule has 3 aromatic rings. The average molecular weight is 557 g/mol. The molecule has 202 valence electrons. The number of fused-ring (bicyclic) bond motifs is 2. The van der Waals surface area contributed by atoms with E-state index in [-0.39, 0.29) is 23.9 Å². The molecule has 9 nitrogen and oxygen atoms in total. The van der Waals surface area contributed by atoms with Crippen LogP contribution in [0.4, 0.5) is 5.13 Å². The third-order valence-corrected chi connectivity index (χ3v) is 8.80. The number of hydrogen-bond acceptors (Lipinski definition) is 8. The zero-order chi connectivity index (χ0) is 27.3. The van der Waals surface area contributed by atoms with E-state index >= 15 is 0 Å². The Labute approximate surface area is 227 Å². The lowest BCUT2D eigenvalue weighted by atomic mass is 10.2. The Morgan fingerprint density at radius 2 is 1.66 bits per heavy atom. The summed E-state index contributed by atoms with van der Waals surface area (Å²) in [5.74, 6) is 1.06. The van der Waals surface area contributed by atoms with Gasteiger partial charge >= 0.3 is 0 Å². The van der Waals surface area contributed by atoms with Crippen LogP contribution in [0.15, 0.2) is 66.6 Å². The standard InChI is InChI=1S/C27H32N4O5S2/c1-5-12-30(13-6-2)38(33,34)21-10-8-20(9-11-21)26(32)31(15-7-14-29(3)4)27-28-22-18-23-24(19-25(22)37-27)36-17-16-35-23/h5-6,8-11,18-19H,1-2,7,12-17H2,3-4H3. The summed E-state index contributed by atoms with van der Waals surface area (Å²) >= 11 is 1.41. The van der Waals surface area contributed by atoms with E-state index in [0.717, 1.165) is 23.2 Å².